The lowest BCUT2D eigenvalue weighted by molar-refractivity contribution is -0.124. The maximum absolute atomic E-state index is 11.7. The van der Waals surface area contributed by atoms with E-state index in [0.717, 1.165) is 13.0 Å². The first-order chi connectivity index (χ1) is 6.90. The minimum Gasteiger partial charge on any atom is -0.304 e. The fraction of sp³-hybridized carbons (Fsp3) is 0.889. The van der Waals surface area contributed by atoms with E-state index in [1.54, 1.807) is 13.8 Å². The number of nitrogens with one attached hydrogen (secondary N) is 2. The van der Waals surface area contributed by atoms with Crippen molar-refractivity contribution in [3.8, 4) is 0 Å². The molecule has 1 fully saturated rings. The molecule has 1 aliphatic rings. The third-order valence-electron chi connectivity index (χ3n) is 2.59. The Kier molecular flexibility index (Phi) is 3.72. The predicted molar refractivity (Wildman–Crippen MR) is 57.9 cm³/mol. The fourth-order valence-electron chi connectivity index (χ4n) is 1.66. The van der Waals surface area contributed by atoms with Crippen molar-refractivity contribution in [3.63, 3.8) is 0 Å². The standard InChI is InChI=1S/C9H18N2O3S/c1-3-7-15(13,14)11-8(12)9(2)5-4-6-10-9/h10H,3-7H2,1-2H3,(H,11,12). The van der Waals surface area contributed by atoms with Crippen LogP contribution in [0.25, 0.3) is 0 Å². The van der Waals surface area contributed by atoms with Gasteiger partial charge in [0.25, 0.3) is 5.91 Å². The average Bonchev–Trinajstić information content (AvgIpc) is 2.52. The van der Waals surface area contributed by atoms with E-state index < -0.39 is 21.5 Å². The van der Waals surface area contributed by atoms with Gasteiger partial charge in [0.2, 0.25) is 10.0 Å². The van der Waals surface area contributed by atoms with Crippen LogP contribution in [0.15, 0.2) is 0 Å². The van der Waals surface area contributed by atoms with Crippen LogP contribution in [0.1, 0.15) is 33.1 Å². The lowest BCUT2D eigenvalue weighted by atomic mass is 10.0. The number of hydrogen-bond acceptors (Lipinski definition) is 4. The van der Waals surface area contributed by atoms with Crippen molar-refractivity contribution >= 4 is 15.9 Å². The summed E-state index contributed by atoms with van der Waals surface area (Å²) in [6.07, 6.45) is 2.09. The van der Waals surface area contributed by atoms with Crippen LogP contribution in [0, 0.1) is 0 Å². The molecule has 1 atom stereocenters. The number of sulfonamides is 1. The number of carbonyl (C=O) groups excluding carboxylic acids is 1. The van der Waals surface area contributed by atoms with Crippen molar-refractivity contribution in [1.29, 1.82) is 0 Å². The molecular weight excluding hydrogens is 216 g/mol. The predicted octanol–water partition coefficient (Wildman–Crippen LogP) is -0.0155. The zero-order valence-corrected chi connectivity index (χ0v) is 9.99. The van der Waals surface area contributed by atoms with E-state index in [0.29, 0.717) is 12.8 Å². The summed E-state index contributed by atoms with van der Waals surface area (Å²) in [6, 6.07) is 0. The molecule has 1 aliphatic heterocycles. The van der Waals surface area contributed by atoms with E-state index in [4.69, 9.17) is 0 Å². The molecule has 0 bridgehead atoms. The summed E-state index contributed by atoms with van der Waals surface area (Å²) in [5.74, 6) is -0.442. The van der Waals surface area contributed by atoms with Gasteiger partial charge in [-0.25, -0.2) is 8.42 Å². The molecule has 1 rings (SSSR count). The number of amides is 1. The normalized spacial score (nSPS) is 26.5. The highest BCUT2D eigenvalue weighted by atomic mass is 32.2. The zero-order chi connectivity index (χ0) is 11.5. The van der Waals surface area contributed by atoms with Gasteiger partial charge in [0, 0.05) is 0 Å². The molecule has 0 aromatic rings. The van der Waals surface area contributed by atoms with Gasteiger partial charge in [-0.3, -0.25) is 9.52 Å². The van der Waals surface area contributed by atoms with Gasteiger partial charge < -0.3 is 5.32 Å². The fourth-order valence-corrected chi connectivity index (χ4v) is 2.81. The third kappa shape index (κ3) is 3.17. The highest BCUT2D eigenvalue weighted by Crippen LogP contribution is 2.18. The van der Waals surface area contributed by atoms with Crippen molar-refractivity contribution in [2.75, 3.05) is 12.3 Å². The van der Waals surface area contributed by atoms with Gasteiger partial charge in [0.05, 0.1) is 11.3 Å². The van der Waals surface area contributed by atoms with Crippen molar-refractivity contribution in [1.82, 2.24) is 10.0 Å². The van der Waals surface area contributed by atoms with Gasteiger partial charge in [-0.15, -0.1) is 0 Å². The van der Waals surface area contributed by atoms with Gasteiger partial charge in [-0.05, 0) is 32.7 Å². The third-order valence-corrected chi connectivity index (χ3v) is 4.03. The summed E-state index contributed by atoms with van der Waals surface area (Å²) < 4.78 is 24.9. The molecule has 0 aromatic heterocycles. The summed E-state index contributed by atoms with van der Waals surface area (Å²) in [5.41, 5.74) is -0.721. The first-order valence-electron chi connectivity index (χ1n) is 5.19. The van der Waals surface area contributed by atoms with E-state index in [1.807, 2.05) is 0 Å². The molecule has 2 N–H and O–H groups in total. The molecule has 6 heteroatoms. The number of rotatable bonds is 4. The molecule has 15 heavy (non-hydrogen) atoms. The molecule has 5 nitrogen and oxygen atoms in total. The second-order valence-corrected chi connectivity index (χ2v) is 5.95. The van der Waals surface area contributed by atoms with Crippen LogP contribution in [0.4, 0.5) is 0 Å². The Labute approximate surface area is 90.7 Å². The molecule has 1 amide bonds. The van der Waals surface area contributed by atoms with Crippen molar-refractivity contribution in [2.24, 2.45) is 0 Å². The summed E-state index contributed by atoms with van der Waals surface area (Å²) in [4.78, 5) is 11.7. The topological polar surface area (TPSA) is 75.3 Å². The Bertz CT molecular complexity index is 331. The Morgan fingerprint density at radius 1 is 1.53 bits per heavy atom. The number of hydrogen-bond donors (Lipinski definition) is 2. The van der Waals surface area contributed by atoms with E-state index >= 15 is 0 Å². The minimum absolute atomic E-state index is 0.00514. The van der Waals surface area contributed by atoms with Gasteiger partial charge in [0.15, 0.2) is 0 Å². The Hall–Kier alpha value is -0.620. The van der Waals surface area contributed by atoms with Crippen LogP contribution in [0.2, 0.25) is 0 Å². The van der Waals surface area contributed by atoms with Gasteiger partial charge in [-0.2, -0.15) is 0 Å². The first-order valence-corrected chi connectivity index (χ1v) is 6.85. The van der Waals surface area contributed by atoms with Crippen LogP contribution in [0.3, 0.4) is 0 Å². The second kappa shape index (κ2) is 4.49. The molecule has 0 aliphatic carbocycles. The average molecular weight is 234 g/mol. The second-order valence-electron chi connectivity index (χ2n) is 4.11. The molecule has 0 aromatic carbocycles. The molecule has 1 heterocycles. The zero-order valence-electron chi connectivity index (χ0n) is 9.17. The molecule has 1 unspecified atom stereocenters. The molecule has 88 valence electrons. The Balaban J connectivity index is 2.63. The van der Waals surface area contributed by atoms with Crippen molar-refractivity contribution < 1.29 is 13.2 Å². The summed E-state index contributed by atoms with van der Waals surface area (Å²) in [6.45, 7) is 4.26. The maximum Gasteiger partial charge on any atom is 0.253 e. The van der Waals surface area contributed by atoms with Crippen molar-refractivity contribution in [2.45, 2.75) is 38.6 Å². The Morgan fingerprint density at radius 3 is 2.67 bits per heavy atom. The highest BCUT2D eigenvalue weighted by molar-refractivity contribution is 7.90. The molecule has 1 saturated heterocycles. The lowest BCUT2D eigenvalue weighted by Crippen LogP contribution is -2.52. The van der Waals surface area contributed by atoms with Gasteiger partial charge >= 0.3 is 0 Å². The van der Waals surface area contributed by atoms with Gasteiger partial charge in [-0.1, -0.05) is 6.92 Å². The Morgan fingerprint density at radius 2 is 2.20 bits per heavy atom. The summed E-state index contributed by atoms with van der Waals surface area (Å²) in [5, 5.41) is 3.02. The van der Waals surface area contributed by atoms with Crippen LogP contribution in [-0.4, -0.2) is 32.2 Å². The smallest absolute Gasteiger partial charge is 0.253 e. The van der Waals surface area contributed by atoms with Crippen LogP contribution in [0.5, 0.6) is 0 Å². The van der Waals surface area contributed by atoms with Gasteiger partial charge in [0.1, 0.15) is 0 Å². The number of carbonyl (C=O) groups is 1. The van der Waals surface area contributed by atoms with E-state index in [2.05, 4.69) is 10.0 Å². The summed E-state index contributed by atoms with van der Waals surface area (Å²) >= 11 is 0. The molecule has 0 radical (unpaired) electrons. The molecule has 0 spiro atoms. The van der Waals surface area contributed by atoms with Crippen LogP contribution < -0.4 is 10.0 Å². The molecule has 0 saturated carbocycles. The van der Waals surface area contributed by atoms with E-state index in [9.17, 15) is 13.2 Å². The van der Waals surface area contributed by atoms with Crippen molar-refractivity contribution in [3.05, 3.63) is 0 Å². The maximum atomic E-state index is 11.7. The largest absolute Gasteiger partial charge is 0.304 e. The van der Waals surface area contributed by atoms with Crippen LogP contribution in [-0.2, 0) is 14.8 Å². The van der Waals surface area contributed by atoms with E-state index in [-0.39, 0.29) is 5.75 Å². The highest BCUT2D eigenvalue weighted by Gasteiger charge is 2.37. The first kappa shape index (κ1) is 12.4. The minimum atomic E-state index is -3.45. The lowest BCUT2D eigenvalue weighted by Gasteiger charge is -2.22. The van der Waals surface area contributed by atoms with Crippen LogP contribution >= 0.6 is 0 Å². The SMILES string of the molecule is CCCS(=O)(=O)NC(=O)C1(C)CCCN1. The quantitative estimate of drug-likeness (QED) is 0.717. The monoisotopic (exact) mass is 234 g/mol. The summed E-state index contributed by atoms with van der Waals surface area (Å²) in [7, 11) is -3.45. The molecular formula is C9H18N2O3S. The van der Waals surface area contributed by atoms with E-state index in [1.165, 1.54) is 0 Å².